The van der Waals surface area contributed by atoms with Crippen molar-refractivity contribution in [3.8, 4) is 6.07 Å². The molecule has 0 aliphatic heterocycles. The van der Waals surface area contributed by atoms with Crippen molar-refractivity contribution in [2.45, 2.75) is 11.8 Å². The molecule has 0 fully saturated rings. The summed E-state index contributed by atoms with van der Waals surface area (Å²) in [7, 11) is 0. The average Bonchev–Trinajstić information content (AvgIpc) is 2.56. The Hall–Kier alpha value is -2.59. The van der Waals surface area contributed by atoms with Crippen LogP contribution in [0.4, 0.5) is 0 Å². The highest BCUT2D eigenvalue weighted by Crippen LogP contribution is 2.35. The van der Waals surface area contributed by atoms with E-state index < -0.39 is 5.41 Å². The van der Waals surface area contributed by atoms with Gasteiger partial charge in [0.1, 0.15) is 5.41 Å². The van der Waals surface area contributed by atoms with Crippen LogP contribution >= 0.6 is 0 Å². The molecule has 0 bridgehead atoms. The third kappa shape index (κ3) is 2.17. The molecule has 20 heavy (non-hydrogen) atoms. The number of benzene rings is 2. The van der Waals surface area contributed by atoms with E-state index in [1.54, 1.807) is 0 Å². The van der Waals surface area contributed by atoms with Gasteiger partial charge in [0.2, 0.25) is 0 Å². The maximum atomic E-state index is 9.62. The average molecular weight is 257 g/mol. The van der Waals surface area contributed by atoms with Crippen molar-refractivity contribution in [3.05, 3.63) is 90.0 Å². The van der Waals surface area contributed by atoms with Crippen LogP contribution in [-0.2, 0) is 5.41 Å². The molecule has 1 aliphatic rings. The van der Waals surface area contributed by atoms with E-state index in [9.17, 15) is 5.26 Å². The minimum absolute atomic E-state index is 0.528. The molecule has 0 amide bonds. The van der Waals surface area contributed by atoms with Gasteiger partial charge in [-0.1, -0.05) is 78.9 Å². The van der Waals surface area contributed by atoms with Gasteiger partial charge in [0.25, 0.3) is 0 Å². The summed E-state index contributed by atoms with van der Waals surface area (Å²) in [5.41, 5.74) is 2.91. The van der Waals surface area contributed by atoms with E-state index in [0.717, 1.165) is 5.56 Å². The van der Waals surface area contributed by atoms with Crippen LogP contribution < -0.4 is 0 Å². The van der Waals surface area contributed by atoms with Gasteiger partial charge in [-0.25, -0.2) is 0 Å². The lowest BCUT2D eigenvalue weighted by atomic mass is 9.75. The second kappa shape index (κ2) is 5.19. The first-order valence-corrected chi connectivity index (χ1v) is 6.76. The topological polar surface area (TPSA) is 23.8 Å². The smallest absolute Gasteiger partial charge is 0.104 e. The molecule has 1 nitrogen and oxygen atoms in total. The van der Waals surface area contributed by atoms with Crippen molar-refractivity contribution in [2.24, 2.45) is 0 Å². The lowest BCUT2D eigenvalue weighted by Gasteiger charge is -2.25. The van der Waals surface area contributed by atoms with Gasteiger partial charge < -0.3 is 0 Å². The van der Waals surface area contributed by atoms with Gasteiger partial charge in [0.15, 0.2) is 0 Å². The van der Waals surface area contributed by atoms with Crippen LogP contribution in [-0.4, -0.2) is 0 Å². The van der Waals surface area contributed by atoms with Gasteiger partial charge in [-0.2, -0.15) is 5.26 Å². The van der Waals surface area contributed by atoms with Gasteiger partial charge in [-0.05, 0) is 23.1 Å². The van der Waals surface area contributed by atoms with Crippen LogP contribution in [0.1, 0.15) is 17.5 Å². The van der Waals surface area contributed by atoms with E-state index in [-0.39, 0.29) is 0 Å². The minimum Gasteiger partial charge on any atom is -0.197 e. The van der Waals surface area contributed by atoms with E-state index in [4.69, 9.17) is 0 Å². The van der Waals surface area contributed by atoms with Crippen molar-refractivity contribution < 1.29 is 0 Å². The highest BCUT2D eigenvalue weighted by molar-refractivity contribution is 5.76. The third-order valence-corrected chi connectivity index (χ3v) is 3.79. The molecule has 2 aromatic rings. The molecule has 0 radical (unpaired) electrons. The predicted molar refractivity (Wildman–Crippen MR) is 81.9 cm³/mol. The number of nitrogens with zero attached hydrogens (tertiary/aromatic N) is 1. The fourth-order valence-electron chi connectivity index (χ4n) is 2.58. The molecule has 0 saturated carbocycles. The minimum atomic E-state index is -0.528. The van der Waals surface area contributed by atoms with Crippen LogP contribution in [0.25, 0.3) is 5.57 Å². The van der Waals surface area contributed by atoms with Crippen molar-refractivity contribution >= 4 is 5.57 Å². The summed E-state index contributed by atoms with van der Waals surface area (Å²) in [5.74, 6) is 0. The summed E-state index contributed by atoms with van der Waals surface area (Å²) < 4.78 is 0. The molecule has 1 aliphatic carbocycles. The lowest BCUT2D eigenvalue weighted by Crippen LogP contribution is -2.22. The maximum absolute atomic E-state index is 9.62. The fraction of sp³-hybridized carbons (Fsp3) is 0.105. The maximum Gasteiger partial charge on any atom is 0.104 e. The van der Waals surface area contributed by atoms with E-state index in [0.29, 0.717) is 6.42 Å². The highest BCUT2D eigenvalue weighted by Gasteiger charge is 2.30. The Labute approximate surface area is 119 Å². The summed E-state index contributed by atoms with van der Waals surface area (Å²) >= 11 is 0. The molecule has 1 atom stereocenters. The standard InChI is InChI=1S/C19H15N/c20-15-19(18-9-5-2-6-10-18)13-11-17(12-14-19)16-7-3-1-4-8-16/h1-13H,14H2. The molecule has 0 saturated heterocycles. The zero-order valence-corrected chi connectivity index (χ0v) is 11.2. The molecule has 3 rings (SSSR count). The molecule has 96 valence electrons. The van der Waals surface area contributed by atoms with Crippen molar-refractivity contribution in [2.75, 3.05) is 0 Å². The van der Waals surface area contributed by atoms with E-state index in [1.165, 1.54) is 11.1 Å². The number of hydrogen-bond donors (Lipinski definition) is 0. The van der Waals surface area contributed by atoms with Crippen LogP contribution in [0, 0.1) is 11.3 Å². The van der Waals surface area contributed by atoms with Crippen LogP contribution in [0.5, 0.6) is 0 Å². The Morgan fingerprint density at radius 1 is 0.900 bits per heavy atom. The zero-order valence-electron chi connectivity index (χ0n) is 11.2. The predicted octanol–water partition coefficient (Wildman–Crippen LogP) is 4.49. The molecule has 1 unspecified atom stereocenters. The van der Waals surface area contributed by atoms with Crippen LogP contribution in [0.3, 0.4) is 0 Å². The second-order valence-corrected chi connectivity index (χ2v) is 5.01. The summed E-state index contributed by atoms with van der Waals surface area (Å²) in [6.45, 7) is 0. The number of hydrogen-bond acceptors (Lipinski definition) is 1. The number of allylic oxidation sites excluding steroid dienone is 4. The zero-order chi connectivity index (χ0) is 13.8. The van der Waals surface area contributed by atoms with E-state index in [1.807, 2.05) is 54.6 Å². The Bertz CT molecular complexity index is 690. The Kier molecular flexibility index (Phi) is 3.23. The Balaban J connectivity index is 1.93. The van der Waals surface area contributed by atoms with Gasteiger partial charge in [-0.15, -0.1) is 0 Å². The van der Waals surface area contributed by atoms with Gasteiger partial charge >= 0.3 is 0 Å². The SMILES string of the molecule is N#CC1(c2ccccc2)C=CC(c2ccccc2)=CC1. The molecular weight excluding hydrogens is 242 g/mol. The van der Waals surface area contributed by atoms with Crippen LogP contribution in [0.15, 0.2) is 78.9 Å². The first-order valence-electron chi connectivity index (χ1n) is 6.76. The third-order valence-electron chi connectivity index (χ3n) is 3.79. The first-order chi connectivity index (χ1) is 9.84. The quantitative estimate of drug-likeness (QED) is 0.777. The van der Waals surface area contributed by atoms with Gasteiger partial charge in [0.05, 0.1) is 6.07 Å². The summed E-state index contributed by atoms with van der Waals surface area (Å²) in [5, 5.41) is 9.62. The molecule has 0 heterocycles. The van der Waals surface area contributed by atoms with Gasteiger partial charge in [-0.3, -0.25) is 0 Å². The lowest BCUT2D eigenvalue weighted by molar-refractivity contribution is 0.693. The molecule has 1 heteroatoms. The van der Waals surface area contributed by atoms with Crippen molar-refractivity contribution in [1.82, 2.24) is 0 Å². The fourth-order valence-corrected chi connectivity index (χ4v) is 2.58. The molecule has 0 aromatic heterocycles. The molecule has 2 aromatic carbocycles. The summed E-state index contributed by atoms with van der Waals surface area (Å²) in [6.07, 6.45) is 6.97. The highest BCUT2D eigenvalue weighted by atomic mass is 14.4. The van der Waals surface area contributed by atoms with Crippen molar-refractivity contribution in [1.29, 1.82) is 5.26 Å². The molecular formula is C19H15N. The number of rotatable bonds is 2. The Morgan fingerprint density at radius 3 is 2.10 bits per heavy atom. The van der Waals surface area contributed by atoms with Gasteiger partial charge in [0, 0.05) is 0 Å². The van der Waals surface area contributed by atoms with Crippen molar-refractivity contribution in [3.63, 3.8) is 0 Å². The number of nitriles is 1. The normalized spacial score (nSPS) is 21.1. The molecule has 0 spiro atoms. The largest absolute Gasteiger partial charge is 0.197 e. The summed E-state index contributed by atoms with van der Waals surface area (Å²) in [6, 6.07) is 22.7. The summed E-state index contributed by atoms with van der Waals surface area (Å²) in [4.78, 5) is 0. The monoisotopic (exact) mass is 257 g/mol. The van der Waals surface area contributed by atoms with Crippen LogP contribution in [0.2, 0.25) is 0 Å². The van der Waals surface area contributed by atoms with E-state index >= 15 is 0 Å². The second-order valence-electron chi connectivity index (χ2n) is 5.01. The Morgan fingerprint density at radius 2 is 1.55 bits per heavy atom. The first kappa shape index (κ1) is 12.4. The molecule has 0 N–H and O–H groups in total. The van der Waals surface area contributed by atoms with E-state index in [2.05, 4.69) is 30.4 Å².